The molecule has 0 radical (unpaired) electrons. The highest BCUT2D eigenvalue weighted by atomic mass is 35.5. The highest BCUT2D eigenvalue weighted by Crippen LogP contribution is 2.26. The van der Waals surface area contributed by atoms with Crippen LogP contribution in [0.3, 0.4) is 0 Å². The number of hydrogen-bond acceptors (Lipinski definition) is 6. The lowest BCUT2D eigenvalue weighted by Gasteiger charge is -2.22. The number of nitrogens with zero attached hydrogens (tertiary/aromatic N) is 4. The van der Waals surface area contributed by atoms with Crippen molar-refractivity contribution in [3.8, 4) is 0 Å². The quantitative estimate of drug-likeness (QED) is 0.434. The molecule has 1 amide bonds. The van der Waals surface area contributed by atoms with Crippen LogP contribution in [0.25, 0.3) is 0 Å². The van der Waals surface area contributed by atoms with E-state index in [4.69, 9.17) is 11.6 Å². The molecule has 2 aromatic carbocycles. The largest absolute Gasteiger partial charge is 0.324 e. The van der Waals surface area contributed by atoms with Gasteiger partial charge in [-0.15, -0.1) is 10.2 Å². The van der Waals surface area contributed by atoms with Crippen molar-refractivity contribution in [2.75, 3.05) is 21.6 Å². The van der Waals surface area contributed by atoms with Crippen molar-refractivity contribution in [2.45, 2.75) is 32.1 Å². The van der Waals surface area contributed by atoms with Gasteiger partial charge in [-0.3, -0.25) is 9.10 Å². The first-order valence-electron chi connectivity index (χ1n) is 9.93. The zero-order chi connectivity index (χ0) is 24.2. The maximum atomic E-state index is 13.3. The van der Waals surface area contributed by atoms with Gasteiger partial charge in [0.2, 0.25) is 15.9 Å². The van der Waals surface area contributed by atoms with Gasteiger partial charge in [-0.1, -0.05) is 35.5 Å². The van der Waals surface area contributed by atoms with E-state index in [9.17, 15) is 17.6 Å². The van der Waals surface area contributed by atoms with E-state index >= 15 is 0 Å². The van der Waals surface area contributed by atoms with E-state index in [1.807, 2.05) is 19.9 Å². The van der Waals surface area contributed by atoms with E-state index in [1.54, 1.807) is 16.7 Å². The van der Waals surface area contributed by atoms with Crippen molar-refractivity contribution < 1.29 is 17.6 Å². The number of halogens is 2. The predicted octanol–water partition coefficient (Wildman–Crippen LogP) is 4.10. The molecule has 1 aromatic heterocycles. The van der Waals surface area contributed by atoms with Crippen LogP contribution >= 0.6 is 23.4 Å². The van der Waals surface area contributed by atoms with Crippen molar-refractivity contribution >= 4 is 50.7 Å². The van der Waals surface area contributed by atoms with E-state index in [0.717, 1.165) is 16.1 Å². The summed E-state index contributed by atoms with van der Waals surface area (Å²) in [7, 11) is -3.67. The van der Waals surface area contributed by atoms with Crippen molar-refractivity contribution in [3.05, 3.63) is 64.7 Å². The lowest BCUT2D eigenvalue weighted by Crippen LogP contribution is -2.30. The van der Waals surface area contributed by atoms with Gasteiger partial charge in [0, 0.05) is 6.54 Å². The third-order valence-corrected chi connectivity index (χ3v) is 7.15. The molecule has 0 aliphatic rings. The van der Waals surface area contributed by atoms with Crippen LogP contribution in [0.1, 0.15) is 18.3 Å². The third kappa shape index (κ3) is 6.24. The summed E-state index contributed by atoms with van der Waals surface area (Å²) < 4.78 is 40.9. The molecular formula is C21H23ClFN5O3S2. The van der Waals surface area contributed by atoms with Crippen LogP contribution in [0.4, 0.5) is 15.8 Å². The van der Waals surface area contributed by atoms with Gasteiger partial charge < -0.3 is 9.88 Å². The molecule has 0 aliphatic carbocycles. The van der Waals surface area contributed by atoms with Gasteiger partial charge in [-0.05, 0) is 49.7 Å². The molecule has 33 heavy (non-hydrogen) atoms. The molecule has 0 aliphatic heterocycles. The van der Waals surface area contributed by atoms with E-state index in [-0.39, 0.29) is 18.2 Å². The van der Waals surface area contributed by atoms with Crippen molar-refractivity contribution in [3.63, 3.8) is 0 Å². The minimum absolute atomic E-state index is 0.0660. The van der Waals surface area contributed by atoms with Crippen molar-refractivity contribution in [1.82, 2.24) is 14.8 Å². The molecule has 1 N–H and O–H groups in total. The topological polar surface area (TPSA) is 97.2 Å². The van der Waals surface area contributed by atoms with Gasteiger partial charge >= 0.3 is 0 Å². The summed E-state index contributed by atoms with van der Waals surface area (Å²) in [5, 5.41) is 12.0. The molecule has 0 saturated carbocycles. The standard InChI is InChI=1S/C21H23ClFN5O3S2/c1-4-27-18(12-28(33(3,30)31)16-10-8-15(23)9-11-16)25-26-21(27)32-13-19(29)24-20-14(2)6-5-7-17(20)22/h5-11H,4,12-13H2,1-3H3,(H,24,29). The number of nitrogens with one attached hydrogen (secondary N) is 1. The minimum Gasteiger partial charge on any atom is -0.324 e. The van der Waals surface area contributed by atoms with Crippen LogP contribution in [0, 0.1) is 12.7 Å². The number of hydrogen-bond donors (Lipinski definition) is 1. The minimum atomic E-state index is -3.67. The second-order valence-electron chi connectivity index (χ2n) is 7.16. The van der Waals surface area contributed by atoms with Crippen LogP contribution < -0.4 is 9.62 Å². The Hall–Kier alpha value is -2.63. The van der Waals surface area contributed by atoms with E-state index < -0.39 is 15.8 Å². The Bertz CT molecular complexity index is 1230. The number of thioether (sulfide) groups is 1. The maximum absolute atomic E-state index is 13.3. The summed E-state index contributed by atoms with van der Waals surface area (Å²) in [5.74, 6) is -0.256. The van der Waals surface area contributed by atoms with Crippen molar-refractivity contribution in [1.29, 1.82) is 0 Å². The molecule has 0 bridgehead atoms. The number of para-hydroxylation sites is 1. The highest BCUT2D eigenvalue weighted by molar-refractivity contribution is 7.99. The second kappa shape index (κ2) is 10.5. The molecular weight excluding hydrogens is 489 g/mol. The predicted molar refractivity (Wildman–Crippen MR) is 129 cm³/mol. The first-order valence-corrected chi connectivity index (χ1v) is 13.1. The fourth-order valence-corrected chi connectivity index (χ4v) is 5.04. The molecule has 0 fully saturated rings. The van der Waals surface area contributed by atoms with Gasteiger partial charge in [-0.25, -0.2) is 12.8 Å². The zero-order valence-electron chi connectivity index (χ0n) is 18.2. The van der Waals surface area contributed by atoms with E-state index in [1.165, 1.54) is 36.0 Å². The Morgan fingerprint density at radius 2 is 1.91 bits per heavy atom. The molecule has 12 heteroatoms. The summed E-state index contributed by atoms with van der Waals surface area (Å²) in [4.78, 5) is 12.5. The second-order valence-corrected chi connectivity index (χ2v) is 10.4. The molecule has 3 aromatic rings. The number of aryl methyl sites for hydroxylation is 1. The molecule has 8 nitrogen and oxygen atoms in total. The normalized spacial score (nSPS) is 11.4. The Morgan fingerprint density at radius 3 is 2.52 bits per heavy atom. The lowest BCUT2D eigenvalue weighted by molar-refractivity contribution is -0.113. The van der Waals surface area contributed by atoms with Crippen LogP contribution in [0.2, 0.25) is 5.02 Å². The molecule has 0 saturated heterocycles. The molecule has 1 heterocycles. The summed E-state index contributed by atoms with van der Waals surface area (Å²) >= 11 is 7.34. The van der Waals surface area contributed by atoms with Crippen molar-refractivity contribution in [2.24, 2.45) is 0 Å². The summed E-state index contributed by atoms with van der Waals surface area (Å²) in [5.41, 5.74) is 1.72. The van der Waals surface area contributed by atoms with Crippen LogP contribution in [0.5, 0.6) is 0 Å². The van der Waals surface area contributed by atoms with Gasteiger partial charge in [0.1, 0.15) is 5.82 Å². The molecule has 176 valence electrons. The number of sulfonamides is 1. The Kier molecular flexibility index (Phi) is 7.98. The first-order chi connectivity index (χ1) is 15.6. The van der Waals surface area contributed by atoms with Crippen LogP contribution in [0.15, 0.2) is 47.6 Å². The number of aromatic nitrogens is 3. The first kappa shape index (κ1) is 25.0. The zero-order valence-corrected chi connectivity index (χ0v) is 20.6. The fourth-order valence-electron chi connectivity index (χ4n) is 3.09. The fraction of sp³-hybridized carbons (Fsp3) is 0.286. The van der Waals surface area contributed by atoms with Gasteiger partial charge in [0.25, 0.3) is 0 Å². The number of carbonyl (C=O) groups excluding carboxylic acids is 1. The average molecular weight is 512 g/mol. The van der Waals surface area contributed by atoms with Crippen LogP contribution in [-0.4, -0.2) is 41.1 Å². The van der Waals surface area contributed by atoms with E-state index in [2.05, 4.69) is 15.5 Å². The molecule has 3 rings (SSSR count). The third-order valence-electron chi connectivity index (χ3n) is 4.73. The number of anilines is 2. The van der Waals surface area contributed by atoms with Gasteiger partial charge in [0.05, 0.1) is 35.0 Å². The number of amides is 1. The van der Waals surface area contributed by atoms with Crippen LogP contribution in [-0.2, 0) is 27.9 Å². The SMILES string of the molecule is CCn1c(CN(c2ccc(F)cc2)S(C)(=O)=O)nnc1SCC(=O)Nc1c(C)cccc1Cl. The number of benzene rings is 2. The summed E-state index contributed by atoms with van der Waals surface area (Å²) in [6.07, 6.45) is 1.07. The molecule has 0 unspecified atom stereocenters. The number of rotatable bonds is 9. The lowest BCUT2D eigenvalue weighted by atomic mass is 10.2. The molecule has 0 atom stereocenters. The summed E-state index contributed by atoms with van der Waals surface area (Å²) in [6.45, 7) is 4.10. The monoisotopic (exact) mass is 511 g/mol. The number of carbonyl (C=O) groups is 1. The van der Waals surface area contributed by atoms with Gasteiger partial charge in [0.15, 0.2) is 11.0 Å². The molecule has 0 spiro atoms. The average Bonchev–Trinajstić information content (AvgIpc) is 3.15. The summed E-state index contributed by atoms with van der Waals surface area (Å²) in [6, 6.07) is 10.5. The van der Waals surface area contributed by atoms with Gasteiger partial charge in [-0.2, -0.15) is 0 Å². The Morgan fingerprint density at radius 1 is 1.21 bits per heavy atom. The Labute approximate surface area is 201 Å². The smallest absolute Gasteiger partial charge is 0.234 e. The Balaban J connectivity index is 1.75. The highest BCUT2D eigenvalue weighted by Gasteiger charge is 2.22. The maximum Gasteiger partial charge on any atom is 0.234 e. The van der Waals surface area contributed by atoms with E-state index in [0.29, 0.717) is 33.9 Å².